The van der Waals surface area contributed by atoms with E-state index in [1.807, 2.05) is 19.0 Å². The van der Waals surface area contributed by atoms with Gasteiger partial charge in [0.25, 0.3) is 0 Å². The van der Waals surface area contributed by atoms with Crippen molar-refractivity contribution in [1.82, 2.24) is 4.90 Å². The molecule has 2 amide bonds. The summed E-state index contributed by atoms with van der Waals surface area (Å²) < 4.78 is 0. The zero-order chi connectivity index (χ0) is 15.7. The largest absolute Gasteiger partial charge is 0.330 e. The topological polar surface area (TPSA) is 87.5 Å². The SMILES string of the molecule is CN(C)CCC(=O)Nc1ccc(NC(=O)CCCN)cc1. The molecule has 1 rings (SSSR count). The number of hydrogen-bond acceptors (Lipinski definition) is 4. The highest BCUT2D eigenvalue weighted by atomic mass is 16.2. The average Bonchev–Trinajstić information content (AvgIpc) is 2.45. The Hall–Kier alpha value is -1.92. The smallest absolute Gasteiger partial charge is 0.225 e. The third-order valence-electron chi connectivity index (χ3n) is 2.85. The van der Waals surface area contributed by atoms with Crippen molar-refractivity contribution < 1.29 is 9.59 Å². The van der Waals surface area contributed by atoms with Gasteiger partial charge in [0.05, 0.1) is 0 Å². The standard InChI is InChI=1S/C15H24N4O2/c1-19(2)11-9-15(21)18-13-7-5-12(6-8-13)17-14(20)4-3-10-16/h5-8H,3-4,9-11,16H2,1-2H3,(H,17,20)(H,18,21). The van der Waals surface area contributed by atoms with Crippen molar-refractivity contribution >= 4 is 23.2 Å². The van der Waals surface area contributed by atoms with Gasteiger partial charge in [-0.2, -0.15) is 0 Å². The lowest BCUT2D eigenvalue weighted by molar-refractivity contribution is -0.117. The van der Waals surface area contributed by atoms with Crippen LogP contribution >= 0.6 is 0 Å². The van der Waals surface area contributed by atoms with Gasteiger partial charge in [-0.1, -0.05) is 0 Å². The maximum atomic E-state index is 11.7. The van der Waals surface area contributed by atoms with Crippen LogP contribution < -0.4 is 16.4 Å². The number of benzene rings is 1. The van der Waals surface area contributed by atoms with E-state index in [1.165, 1.54) is 0 Å². The molecule has 0 aliphatic heterocycles. The van der Waals surface area contributed by atoms with E-state index in [-0.39, 0.29) is 11.8 Å². The molecule has 0 unspecified atom stereocenters. The Morgan fingerprint density at radius 2 is 1.48 bits per heavy atom. The first-order chi connectivity index (χ1) is 10.0. The molecule has 4 N–H and O–H groups in total. The van der Waals surface area contributed by atoms with E-state index >= 15 is 0 Å². The Kier molecular flexibility index (Phi) is 7.42. The van der Waals surface area contributed by atoms with Gasteiger partial charge in [-0.25, -0.2) is 0 Å². The number of anilines is 2. The van der Waals surface area contributed by atoms with Crippen LogP contribution in [0.15, 0.2) is 24.3 Å². The lowest BCUT2D eigenvalue weighted by Crippen LogP contribution is -2.20. The van der Waals surface area contributed by atoms with Crippen molar-refractivity contribution in [3.05, 3.63) is 24.3 Å². The number of nitrogens with zero attached hydrogens (tertiary/aromatic N) is 1. The fraction of sp³-hybridized carbons (Fsp3) is 0.467. The number of carbonyl (C=O) groups excluding carboxylic acids is 2. The van der Waals surface area contributed by atoms with Crippen LogP contribution in [0.5, 0.6) is 0 Å². The Morgan fingerprint density at radius 3 is 1.90 bits per heavy atom. The van der Waals surface area contributed by atoms with Crippen LogP contribution in [0.1, 0.15) is 19.3 Å². The van der Waals surface area contributed by atoms with Crippen LogP contribution in [0.4, 0.5) is 11.4 Å². The number of hydrogen-bond donors (Lipinski definition) is 3. The van der Waals surface area contributed by atoms with Crippen LogP contribution in [0.25, 0.3) is 0 Å². The van der Waals surface area contributed by atoms with Crippen LogP contribution in [0.2, 0.25) is 0 Å². The molecule has 0 spiro atoms. The van der Waals surface area contributed by atoms with Gasteiger partial charge in [-0.15, -0.1) is 0 Å². The van der Waals surface area contributed by atoms with Crippen molar-refractivity contribution in [2.75, 3.05) is 37.8 Å². The van der Waals surface area contributed by atoms with Gasteiger partial charge >= 0.3 is 0 Å². The first kappa shape index (κ1) is 17.1. The zero-order valence-electron chi connectivity index (χ0n) is 12.7. The molecule has 0 heterocycles. The van der Waals surface area contributed by atoms with E-state index in [1.54, 1.807) is 24.3 Å². The van der Waals surface area contributed by atoms with Crippen LogP contribution in [-0.2, 0) is 9.59 Å². The molecule has 0 atom stereocenters. The fourth-order valence-electron chi connectivity index (χ4n) is 1.67. The summed E-state index contributed by atoms with van der Waals surface area (Å²) in [6, 6.07) is 7.07. The minimum Gasteiger partial charge on any atom is -0.330 e. The molecule has 1 aromatic carbocycles. The molecule has 0 fully saturated rings. The molecule has 1 aromatic rings. The van der Waals surface area contributed by atoms with Crippen LogP contribution in [-0.4, -0.2) is 43.9 Å². The molecule has 0 radical (unpaired) electrons. The lowest BCUT2D eigenvalue weighted by Gasteiger charge is -2.10. The molecular formula is C15H24N4O2. The summed E-state index contributed by atoms with van der Waals surface area (Å²) in [5.41, 5.74) is 6.79. The highest BCUT2D eigenvalue weighted by Gasteiger charge is 2.04. The van der Waals surface area contributed by atoms with Crippen molar-refractivity contribution in [3.8, 4) is 0 Å². The van der Waals surface area contributed by atoms with Crippen LogP contribution in [0, 0.1) is 0 Å². The highest BCUT2D eigenvalue weighted by molar-refractivity contribution is 5.92. The molecule has 6 heteroatoms. The van der Waals surface area contributed by atoms with Crippen molar-refractivity contribution in [3.63, 3.8) is 0 Å². The van der Waals surface area contributed by atoms with Gasteiger partial charge in [-0.05, 0) is 51.3 Å². The second kappa shape index (κ2) is 9.10. The fourth-order valence-corrected chi connectivity index (χ4v) is 1.67. The Balaban J connectivity index is 2.43. The Bertz CT molecular complexity index is 457. The van der Waals surface area contributed by atoms with E-state index in [9.17, 15) is 9.59 Å². The molecule has 6 nitrogen and oxygen atoms in total. The van der Waals surface area contributed by atoms with Crippen molar-refractivity contribution in [1.29, 1.82) is 0 Å². The number of amides is 2. The van der Waals surface area contributed by atoms with E-state index in [4.69, 9.17) is 5.73 Å². The van der Waals surface area contributed by atoms with Gasteiger partial charge in [-0.3, -0.25) is 9.59 Å². The van der Waals surface area contributed by atoms with Crippen LogP contribution in [0.3, 0.4) is 0 Å². The predicted molar refractivity (Wildman–Crippen MR) is 85.2 cm³/mol. The maximum absolute atomic E-state index is 11.7. The first-order valence-electron chi connectivity index (χ1n) is 7.06. The third kappa shape index (κ3) is 7.43. The molecule has 21 heavy (non-hydrogen) atoms. The minimum atomic E-state index is -0.0526. The van der Waals surface area contributed by atoms with Gasteiger partial charge < -0.3 is 21.3 Å². The van der Waals surface area contributed by atoms with Crippen molar-refractivity contribution in [2.45, 2.75) is 19.3 Å². The molecule has 0 bridgehead atoms. The average molecular weight is 292 g/mol. The number of nitrogens with two attached hydrogens (primary N) is 1. The molecular weight excluding hydrogens is 268 g/mol. The summed E-state index contributed by atoms with van der Waals surface area (Å²) in [6.07, 6.45) is 1.54. The number of carbonyl (C=O) groups is 2. The normalized spacial score (nSPS) is 10.5. The summed E-state index contributed by atoms with van der Waals surface area (Å²) >= 11 is 0. The van der Waals surface area contributed by atoms with E-state index in [0.717, 1.165) is 5.69 Å². The second-order valence-electron chi connectivity index (χ2n) is 5.12. The molecule has 0 aliphatic carbocycles. The summed E-state index contributed by atoms with van der Waals surface area (Å²) in [7, 11) is 3.85. The molecule has 0 aromatic heterocycles. The van der Waals surface area contributed by atoms with E-state index < -0.39 is 0 Å². The van der Waals surface area contributed by atoms with Gasteiger partial charge in [0, 0.05) is 30.8 Å². The molecule has 0 saturated carbocycles. The minimum absolute atomic E-state index is 0.0246. The molecule has 0 aliphatic rings. The lowest BCUT2D eigenvalue weighted by atomic mass is 10.2. The highest BCUT2D eigenvalue weighted by Crippen LogP contribution is 2.14. The summed E-state index contributed by atoms with van der Waals surface area (Å²) in [5, 5.41) is 5.60. The van der Waals surface area contributed by atoms with Gasteiger partial charge in [0.1, 0.15) is 0 Å². The molecule has 0 saturated heterocycles. The Labute approximate surface area is 125 Å². The predicted octanol–water partition coefficient (Wildman–Crippen LogP) is 1.25. The summed E-state index contributed by atoms with van der Waals surface area (Å²) in [5.74, 6) is -0.0772. The quantitative estimate of drug-likeness (QED) is 0.673. The summed E-state index contributed by atoms with van der Waals surface area (Å²) in [6.45, 7) is 1.21. The van der Waals surface area contributed by atoms with Gasteiger partial charge in [0.15, 0.2) is 0 Å². The number of nitrogens with one attached hydrogen (secondary N) is 2. The molecule has 116 valence electrons. The van der Waals surface area contributed by atoms with Gasteiger partial charge in [0.2, 0.25) is 11.8 Å². The zero-order valence-corrected chi connectivity index (χ0v) is 12.7. The maximum Gasteiger partial charge on any atom is 0.225 e. The second-order valence-corrected chi connectivity index (χ2v) is 5.12. The first-order valence-corrected chi connectivity index (χ1v) is 7.06. The van der Waals surface area contributed by atoms with E-state index in [2.05, 4.69) is 10.6 Å². The third-order valence-corrected chi connectivity index (χ3v) is 2.85. The summed E-state index contributed by atoms with van der Waals surface area (Å²) in [4.78, 5) is 25.2. The Morgan fingerprint density at radius 1 is 1.00 bits per heavy atom. The van der Waals surface area contributed by atoms with Crippen molar-refractivity contribution in [2.24, 2.45) is 5.73 Å². The number of rotatable bonds is 8. The van der Waals surface area contributed by atoms with E-state index in [0.29, 0.717) is 38.0 Å². The monoisotopic (exact) mass is 292 g/mol.